The fourth-order valence-electron chi connectivity index (χ4n) is 4.67. The summed E-state index contributed by atoms with van der Waals surface area (Å²) in [6, 6.07) is 7.93. The number of benzene rings is 1. The van der Waals surface area contributed by atoms with Crippen molar-refractivity contribution in [2.75, 3.05) is 19.6 Å². The van der Waals surface area contributed by atoms with Gasteiger partial charge in [0.15, 0.2) is 0 Å². The summed E-state index contributed by atoms with van der Waals surface area (Å²) in [6.07, 6.45) is 8.69. The van der Waals surface area contributed by atoms with Gasteiger partial charge in [0, 0.05) is 17.5 Å². The monoisotopic (exact) mass is 335 g/mol. The van der Waals surface area contributed by atoms with Crippen molar-refractivity contribution in [3.8, 4) is 0 Å². The van der Waals surface area contributed by atoms with Crippen LogP contribution in [0, 0.1) is 11.8 Å². The first-order valence-corrected chi connectivity index (χ1v) is 9.69. The summed E-state index contributed by atoms with van der Waals surface area (Å²) in [6.45, 7) is 5.61. The zero-order chi connectivity index (χ0) is 16.3. The van der Waals surface area contributed by atoms with Crippen LogP contribution in [-0.4, -0.2) is 29.6 Å². The van der Waals surface area contributed by atoms with Crippen LogP contribution in [-0.2, 0) is 5.60 Å². The molecule has 2 nitrogen and oxygen atoms in total. The number of likely N-dealkylation sites (tertiary alicyclic amines) is 1. The van der Waals surface area contributed by atoms with Crippen LogP contribution >= 0.6 is 11.6 Å². The second-order valence-electron chi connectivity index (χ2n) is 7.58. The Morgan fingerprint density at radius 1 is 1.09 bits per heavy atom. The summed E-state index contributed by atoms with van der Waals surface area (Å²) in [5, 5.41) is 12.6. The van der Waals surface area contributed by atoms with Gasteiger partial charge in [-0.05, 0) is 62.4 Å². The minimum atomic E-state index is -0.729. The first-order valence-electron chi connectivity index (χ1n) is 9.31. The first-order chi connectivity index (χ1) is 11.1. The molecule has 2 aliphatic rings. The summed E-state index contributed by atoms with van der Waals surface area (Å²) in [5.41, 5.74) is 0.327. The van der Waals surface area contributed by atoms with Crippen molar-refractivity contribution >= 4 is 11.6 Å². The van der Waals surface area contributed by atoms with Crippen LogP contribution in [0.4, 0.5) is 0 Å². The summed E-state index contributed by atoms with van der Waals surface area (Å²) in [5.74, 6) is 0.611. The highest BCUT2D eigenvalue weighted by atomic mass is 35.5. The van der Waals surface area contributed by atoms with Gasteiger partial charge in [0.1, 0.15) is 0 Å². The lowest BCUT2D eigenvalue weighted by atomic mass is 9.67. The topological polar surface area (TPSA) is 23.5 Å². The average molecular weight is 336 g/mol. The largest absolute Gasteiger partial charge is 0.385 e. The van der Waals surface area contributed by atoms with Crippen molar-refractivity contribution in [1.29, 1.82) is 0 Å². The number of halogens is 1. The van der Waals surface area contributed by atoms with Crippen LogP contribution in [0.2, 0.25) is 5.02 Å². The molecule has 0 amide bonds. The van der Waals surface area contributed by atoms with E-state index >= 15 is 0 Å². The third kappa shape index (κ3) is 3.75. The molecule has 0 unspecified atom stereocenters. The van der Waals surface area contributed by atoms with Gasteiger partial charge in [-0.2, -0.15) is 0 Å². The van der Waals surface area contributed by atoms with E-state index in [1.165, 1.54) is 45.2 Å². The molecule has 2 fully saturated rings. The number of nitrogens with zero attached hydrogens (tertiary/aromatic N) is 1. The van der Waals surface area contributed by atoms with Gasteiger partial charge in [0.25, 0.3) is 0 Å². The van der Waals surface area contributed by atoms with Crippen LogP contribution in [0.1, 0.15) is 57.4 Å². The SMILES string of the molecule is C[C@H](CN1CCCC1)[C@](O)(c1ccc(Cl)cc1)C1CCCCC1. The van der Waals surface area contributed by atoms with Crippen molar-refractivity contribution in [3.05, 3.63) is 34.9 Å². The molecule has 1 aromatic rings. The fourth-order valence-corrected chi connectivity index (χ4v) is 4.80. The van der Waals surface area contributed by atoms with Crippen LogP contribution in [0.3, 0.4) is 0 Å². The van der Waals surface area contributed by atoms with E-state index < -0.39 is 5.60 Å². The second kappa shape index (κ2) is 7.55. The van der Waals surface area contributed by atoms with E-state index in [9.17, 15) is 5.11 Å². The summed E-state index contributed by atoms with van der Waals surface area (Å²) >= 11 is 6.07. The van der Waals surface area contributed by atoms with Gasteiger partial charge in [-0.15, -0.1) is 0 Å². The highest BCUT2D eigenvalue weighted by Crippen LogP contribution is 2.44. The zero-order valence-corrected chi connectivity index (χ0v) is 15.1. The molecule has 3 heteroatoms. The highest BCUT2D eigenvalue weighted by molar-refractivity contribution is 6.30. The molecule has 23 heavy (non-hydrogen) atoms. The molecule has 1 N–H and O–H groups in total. The summed E-state index contributed by atoms with van der Waals surface area (Å²) in [4.78, 5) is 2.52. The van der Waals surface area contributed by atoms with E-state index in [2.05, 4.69) is 11.8 Å². The Labute approximate surface area is 145 Å². The minimum absolute atomic E-state index is 0.241. The summed E-state index contributed by atoms with van der Waals surface area (Å²) < 4.78 is 0. The Kier molecular flexibility index (Phi) is 5.66. The van der Waals surface area contributed by atoms with Gasteiger partial charge in [0.05, 0.1) is 5.60 Å². The molecule has 3 rings (SSSR count). The lowest BCUT2D eigenvalue weighted by molar-refractivity contribution is -0.0896. The Morgan fingerprint density at radius 3 is 2.30 bits per heavy atom. The molecule has 0 aromatic heterocycles. The zero-order valence-electron chi connectivity index (χ0n) is 14.3. The standard InChI is InChI=1S/C20H30ClNO/c1-16(15-22-13-5-6-14-22)20(23,17-7-3-2-4-8-17)18-9-11-19(21)12-10-18/h9-12,16-17,23H,2-8,13-15H2,1H3/t16-,20-/m1/s1. The predicted octanol–water partition coefficient (Wildman–Crippen LogP) is 4.84. The van der Waals surface area contributed by atoms with Crippen LogP contribution in [0.15, 0.2) is 24.3 Å². The molecule has 1 heterocycles. The lowest BCUT2D eigenvalue weighted by Crippen LogP contribution is -2.46. The molecular weight excluding hydrogens is 306 g/mol. The number of hydrogen-bond donors (Lipinski definition) is 1. The van der Waals surface area contributed by atoms with Gasteiger partial charge in [-0.3, -0.25) is 0 Å². The van der Waals surface area contributed by atoms with Gasteiger partial charge in [0.2, 0.25) is 0 Å². The maximum atomic E-state index is 11.9. The molecule has 0 spiro atoms. The van der Waals surface area contributed by atoms with Crippen LogP contribution < -0.4 is 0 Å². The molecule has 2 atom stereocenters. The van der Waals surface area contributed by atoms with E-state index in [1.807, 2.05) is 24.3 Å². The van der Waals surface area contributed by atoms with Crippen molar-refractivity contribution in [2.45, 2.75) is 57.5 Å². The van der Waals surface area contributed by atoms with Crippen molar-refractivity contribution in [2.24, 2.45) is 11.8 Å². The van der Waals surface area contributed by atoms with E-state index in [0.29, 0.717) is 5.92 Å². The molecule has 1 aromatic carbocycles. The van der Waals surface area contributed by atoms with E-state index in [1.54, 1.807) is 0 Å². The first kappa shape index (κ1) is 17.3. The van der Waals surface area contributed by atoms with E-state index in [4.69, 9.17) is 11.6 Å². The van der Waals surface area contributed by atoms with Crippen molar-refractivity contribution in [3.63, 3.8) is 0 Å². The molecule has 1 saturated heterocycles. The Bertz CT molecular complexity index is 491. The Hall–Kier alpha value is -0.570. The summed E-state index contributed by atoms with van der Waals surface area (Å²) in [7, 11) is 0. The maximum Gasteiger partial charge on any atom is 0.0962 e. The second-order valence-corrected chi connectivity index (χ2v) is 8.01. The number of rotatable bonds is 5. The number of aliphatic hydroxyl groups is 1. The minimum Gasteiger partial charge on any atom is -0.385 e. The molecule has 128 valence electrons. The van der Waals surface area contributed by atoms with Gasteiger partial charge in [-0.1, -0.05) is 49.9 Å². The molecular formula is C20H30ClNO. The van der Waals surface area contributed by atoms with Gasteiger partial charge in [-0.25, -0.2) is 0 Å². The van der Waals surface area contributed by atoms with Crippen LogP contribution in [0.25, 0.3) is 0 Å². The third-order valence-electron chi connectivity index (χ3n) is 6.02. The smallest absolute Gasteiger partial charge is 0.0962 e. The van der Waals surface area contributed by atoms with Gasteiger partial charge < -0.3 is 10.0 Å². The average Bonchev–Trinajstić information content (AvgIpc) is 3.08. The van der Waals surface area contributed by atoms with Gasteiger partial charge >= 0.3 is 0 Å². The Morgan fingerprint density at radius 2 is 1.70 bits per heavy atom. The molecule has 1 aliphatic carbocycles. The lowest BCUT2D eigenvalue weighted by Gasteiger charge is -2.44. The molecule has 1 saturated carbocycles. The third-order valence-corrected chi connectivity index (χ3v) is 6.27. The maximum absolute atomic E-state index is 11.9. The predicted molar refractivity (Wildman–Crippen MR) is 96.8 cm³/mol. The van der Waals surface area contributed by atoms with Crippen molar-refractivity contribution < 1.29 is 5.11 Å². The van der Waals surface area contributed by atoms with E-state index in [-0.39, 0.29) is 5.92 Å². The van der Waals surface area contributed by atoms with Crippen LogP contribution in [0.5, 0.6) is 0 Å². The quantitative estimate of drug-likeness (QED) is 0.832. The molecule has 0 radical (unpaired) electrons. The molecule has 1 aliphatic heterocycles. The normalized spacial score (nSPS) is 24.5. The van der Waals surface area contributed by atoms with E-state index in [0.717, 1.165) is 30.0 Å². The fraction of sp³-hybridized carbons (Fsp3) is 0.700. The number of hydrogen-bond acceptors (Lipinski definition) is 2. The Balaban J connectivity index is 1.86. The van der Waals surface area contributed by atoms with Crippen molar-refractivity contribution in [1.82, 2.24) is 4.90 Å². The highest BCUT2D eigenvalue weighted by Gasteiger charge is 2.43. The molecule has 0 bridgehead atoms.